The van der Waals surface area contributed by atoms with Crippen LogP contribution in [-0.2, 0) is 7.05 Å². The van der Waals surface area contributed by atoms with Crippen LogP contribution in [0.2, 0.25) is 10.0 Å². The van der Waals surface area contributed by atoms with Crippen molar-refractivity contribution in [1.29, 1.82) is 0 Å². The van der Waals surface area contributed by atoms with E-state index in [1.807, 2.05) is 42.1 Å². The number of amides is 1. The van der Waals surface area contributed by atoms with Crippen LogP contribution in [0.5, 0.6) is 0 Å². The molecule has 2 aromatic heterocycles. The van der Waals surface area contributed by atoms with Gasteiger partial charge in [-0.3, -0.25) is 4.79 Å². The highest BCUT2D eigenvalue weighted by atomic mass is 35.5. The Balaban J connectivity index is 1.74. The number of carbonyl (C=O) groups excluding carboxylic acids is 1. The molecule has 0 atom stereocenters. The van der Waals surface area contributed by atoms with E-state index in [0.717, 1.165) is 37.1 Å². The fourth-order valence-corrected chi connectivity index (χ4v) is 4.01. The first-order chi connectivity index (χ1) is 13.5. The SMILES string of the molecule is Cn1cccc1-c1cc(C(=O)NC2CCCCC2)n(-c2ccc(Cl)c(Cl)c2)n1. The summed E-state index contributed by atoms with van der Waals surface area (Å²) in [6.45, 7) is 0. The summed E-state index contributed by atoms with van der Waals surface area (Å²) in [4.78, 5) is 13.1. The zero-order valence-electron chi connectivity index (χ0n) is 15.7. The van der Waals surface area contributed by atoms with Gasteiger partial charge in [-0.05, 0) is 49.2 Å². The molecule has 0 saturated heterocycles. The van der Waals surface area contributed by atoms with E-state index in [9.17, 15) is 4.79 Å². The number of nitrogens with one attached hydrogen (secondary N) is 1. The highest BCUT2D eigenvalue weighted by molar-refractivity contribution is 6.42. The predicted octanol–water partition coefficient (Wildman–Crippen LogP) is 5.25. The average Bonchev–Trinajstić information content (AvgIpc) is 3.31. The van der Waals surface area contributed by atoms with Gasteiger partial charge in [0.05, 0.1) is 21.4 Å². The van der Waals surface area contributed by atoms with Crippen molar-refractivity contribution in [3.63, 3.8) is 0 Å². The minimum absolute atomic E-state index is 0.120. The zero-order chi connectivity index (χ0) is 19.7. The molecule has 1 aliphatic carbocycles. The number of halogens is 2. The first-order valence-electron chi connectivity index (χ1n) is 9.51. The number of carbonyl (C=O) groups is 1. The van der Waals surface area contributed by atoms with Gasteiger partial charge in [0, 0.05) is 19.3 Å². The van der Waals surface area contributed by atoms with E-state index in [1.54, 1.807) is 16.8 Å². The van der Waals surface area contributed by atoms with E-state index in [4.69, 9.17) is 28.3 Å². The molecule has 1 N–H and O–H groups in total. The van der Waals surface area contributed by atoms with Crippen molar-refractivity contribution in [1.82, 2.24) is 19.7 Å². The Morgan fingerprint density at radius 3 is 2.57 bits per heavy atom. The Kier molecular flexibility index (Phi) is 5.47. The van der Waals surface area contributed by atoms with Crippen molar-refractivity contribution >= 4 is 29.1 Å². The number of hydrogen-bond donors (Lipinski definition) is 1. The van der Waals surface area contributed by atoms with E-state index in [1.165, 1.54) is 6.42 Å². The summed E-state index contributed by atoms with van der Waals surface area (Å²) in [7, 11) is 1.95. The van der Waals surface area contributed by atoms with Gasteiger partial charge >= 0.3 is 0 Å². The van der Waals surface area contributed by atoms with Crippen LogP contribution in [0.1, 0.15) is 42.6 Å². The molecule has 0 radical (unpaired) electrons. The van der Waals surface area contributed by atoms with Crippen LogP contribution >= 0.6 is 23.2 Å². The third-order valence-corrected chi connectivity index (χ3v) is 5.98. The zero-order valence-corrected chi connectivity index (χ0v) is 17.2. The van der Waals surface area contributed by atoms with Gasteiger partial charge in [0.25, 0.3) is 5.91 Å². The Hall–Kier alpha value is -2.24. The van der Waals surface area contributed by atoms with Crippen molar-refractivity contribution in [2.45, 2.75) is 38.1 Å². The number of aryl methyl sites for hydroxylation is 1. The Bertz CT molecular complexity index is 1000. The van der Waals surface area contributed by atoms with Gasteiger partial charge in [-0.25, -0.2) is 4.68 Å². The molecule has 1 saturated carbocycles. The maximum absolute atomic E-state index is 13.1. The van der Waals surface area contributed by atoms with Crippen LogP contribution in [0.3, 0.4) is 0 Å². The summed E-state index contributed by atoms with van der Waals surface area (Å²) in [5.74, 6) is -0.120. The summed E-state index contributed by atoms with van der Waals surface area (Å²) < 4.78 is 3.62. The lowest BCUT2D eigenvalue weighted by atomic mass is 9.95. The van der Waals surface area contributed by atoms with E-state index >= 15 is 0 Å². The fourth-order valence-electron chi connectivity index (χ4n) is 3.72. The largest absolute Gasteiger partial charge is 0.349 e. The number of nitrogens with zero attached hydrogens (tertiary/aromatic N) is 3. The predicted molar refractivity (Wildman–Crippen MR) is 112 cm³/mol. The third kappa shape index (κ3) is 3.82. The summed E-state index contributed by atoms with van der Waals surface area (Å²) >= 11 is 12.3. The monoisotopic (exact) mass is 416 g/mol. The molecule has 3 aromatic rings. The molecule has 1 aromatic carbocycles. The van der Waals surface area contributed by atoms with Crippen LogP contribution in [0.4, 0.5) is 0 Å². The lowest BCUT2D eigenvalue weighted by Crippen LogP contribution is -2.37. The molecule has 1 fully saturated rings. The van der Waals surface area contributed by atoms with Gasteiger partial charge in [-0.15, -0.1) is 0 Å². The second-order valence-electron chi connectivity index (χ2n) is 7.24. The minimum atomic E-state index is -0.120. The molecule has 1 amide bonds. The maximum atomic E-state index is 13.1. The van der Waals surface area contributed by atoms with Crippen molar-refractivity contribution < 1.29 is 4.79 Å². The van der Waals surface area contributed by atoms with Gasteiger partial charge in [0.15, 0.2) is 0 Å². The Morgan fingerprint density at radius 2 is 1.89 bits per heavy atom. The highest BCUT2D eigenvalue weighted by Crippen LogP contribution is 2.27. The summed E-state index contributed by atoms with van der Waals surface area (Å²) in [6, 6.07) is 11.2. The highest BCUT2D eigenvalue weighted by Gasteiger charge is 2.22. The van der Waals surface area contributed by atoms with Crippen molar-refractivity contribution in [2.24, 2.45) is 7.05 Å². The average molecular weight is 417 g/mol. The number of benzene rings is 1. The molecule has 1 aliphatic rings. The maximum Gasteiger partial charge on any atom is 0.270 e. The molecule has 7 heteroatoms. The van der Waals surface area contributed by atoms with Crippen LogP contribution in [0, 0.1) is 0 Å². The normalized spacial score (nSPS) is 15.0. The lowest BCUT2D eigenvalue weighted by molar-refractivity contribution is 0.0920. The molecule has 146 valence electrons. The van der Waals surface area contributed by atoms with Gasteiger partial charge in [0.1, 0.15) is 11.4 Å². The first kappa shape index (κ1) is 19.1. The standard InChI is InChI=1S/C21H22Cl2N4O/c1-26-11-5-8-19(26)18-13-20(21(28)24-14-6-3-2-4-7-14)27(25-18)15-9-10-16(22)17(23)12-15/h5,8-14H,2-4,6-7H2,1H3,(H,24,28). The van der Waals surface area contributed by atoms with E-state index in [-0.39, 0.29) is 11.9 Å². The summed E-state index contributed by atoms with van der Waals surface area (Å²) in [6.07, 6.45) is 7.56. The molecular formula is C21H22Cl2N4O. The van der Waals surface area contributed by atoms with Crippen molar-refractivity contribution in [3.8, 4) is 17.1 Å². The smallest absolute Gasteiger partial charge is 0.270 e. The first-order valence-corrected chi connectivity index (χ1v) is 10.3. The van der Waals surface area contributed by atoms with Crippen LogP contribution < -0.4 is 5.32 Å². The van der Waals surface area contributed by atoms with Gasteiger partial charge in [0.2, 0.25) is 0 Å². The van der Waals surface area contributed by atoms with Gasteiger partial charge < -0.3 is 9.88 Å². The molecule has 28 heavy (non-hydrogen) atoms. The molecular weight excluding hydrogens is 395 g/mol. The fraction of sp³-hybridized carbons (Fsp3) is 0.333. The van der Waals surface area contributed by atoms with E-state index in [2.05, 4.69) is 5.32 Å². The molecule has 5 nitrogen and oxygen atoms in total. The molecule has 2 heterocycles. The van der Waals surface area contributed by atoms with Crippen molar-refractivity contribution in [2.75, 3.05) is 0 Å². The van der Waals surface area contributed by atoms with Gasteiger partial charge in [-0.2, -0.15) is 5.10 Å². The Morgan fingerprint density at radius 1 is 1.11 bits per heavy atom. The number of hydrogen-bond acceptors (Lipinski definition) is 2. The molecule has 0 spiro atoms. The van der Waals surface area contributed by atoms with Crippen molar-refractivity contribution in [3.05, 3.63) is 58.3 Å². The van der Waals surface area contributed by atoms with Gasteiger partial charge in [-0.1, -0.05) is 42.5 Å². The third-order valence-electron chi connectivity index (χ3n) is 5.24. The molecule has 0 bridgehead atoms. The topological polar surface area (TPSA) is 51.9 Å². The lowest BCUT2D eigenvalue weighted by Gasteiger charge is -2.22. The van der Waals surface area contributed by atoms with E-state index in [0.29, 0.717) is 21.4 Å². The molecule has 0 unspecified atom stereocenters. The minimum Gasteiger partial charge on any atom is -0.349 e. The van der Waals surface area contributed by atoms with Crippen LogP contribution in [0.15, 0.2) is 42.6 Å². The summed E-state index contributed by atoms with van der Waals surface area (Å²) in [5, 5.41) is 8.77. The second-order valence-corrected chi connectivity index (χ2v) is 8.05. The van der Waals surface area contributed by atoms with Crippen LogP contribution in [0.25, 0.3) is 17.1 Å². The molecule has 0 aliphatic heterocycles. The molecule has 4 rings (SSSR count). The Labute approximate surface area is 174 Å². The van der Waals surface area contributed by atoms with Crippen LogP contribution in [-0.4, -0.2) is 26.3 Å². The number of rotatable bonds is 4. The summed E-state index contributed by atoms with van der Waals surface area (Å²) in [5.41, 5.74) is 2.85. The second kappa shape index (κ2) is 8.02. The quantitative estimate of drug-likeness (QED) is 0.631. The number of aromatic nitrogens is 3. The van der Waals surface area contributed by atoms with E-state index < -0.39 is 0 Å².